The predicted octanol–water partition coefficient (Wildman–Crippen LogP) is 3.76. The van der Waals surface area contributed by atoms with Gasteiger partial charge >= 0.3 is 5.97 Å². The summed E-state index contributed by atoms with van der Waals surface area (Å²) in [5.41, 5.74) is 1.47. The number of ether oxygens (including phenoxy) is 1. The molecule has 4 rings (SSSR count). The van der Waals surface area contributed by atoms with Gasteiger partial charge in [0.05, 0.1) is 17.0 Å². The van der Waals surface area contributed by atoms with Crippen LogP contribution in [0.15, 0.2) is 29.6 Å². The van der Waals surface area contributed by atoms with Gasteiger partial charge in [-0.2, -0.15) is 0 Å². The van der Waals surface area contributed by atoms with E-state index in [0.717, 1.165) is 22.1 Å². The number of hydrogen-bond donors (Lipinski definition) is 0. The molecule has 0 unspecified atom stereocenters. The zero-order chi connectivity index (χ0) is 19.7. The number of hydrogen-bond acceptors (Lipinski definition) is 7. The number of thiazole rings is 1. The third-order valence-electron chi connectivity index (χ3n) is 4.63. The highest BCUT2D eigenvalue weighted by Gasteiger charge is 2.24. The number of aryl methyl sites for hydroxylation is 1. The van der Waals surface area contributed by atoms with Gasteiger partial charge in [0.2, 0.25) is 11.7 Å². The van der Waals surface area contributed by atoms with Crippen molar-refractivity contribution >= 4 is 55.6 Å². The van der Waals surface area contributed by atoms with Gasteiger partial charge in [-0.1, -0.05) is 18.2 Å². The number of thiophene rings is 1. The number of benzene rings is 1. The Labute approximate surface area is 169 Å². The van der Waals surface area contributed by atoms with Crippen LogP contribution in [0.1, 0.15) is 33.8 Å². The van der Waals surface area contributed by atoms with E-state index in [1.165, 1.54) is 22.7 Å². The number of carbonyl (C=O) groups excluding carboxylic acids is 3. The molecular weight excluding hydrogens is 396 g/mol. The number of ketones is 1. The summed E-state index contributed by atoms with van der Waals surface area (Å²) in [6.07, 6.45) is 1.35. The third-order valence-corrected chi connectivity index (χ3v) is 6.86. The Morgan fingerprint density at radius 1 is 1.29 bits per heavy atom. The smallest absolute Gasteiger partial charge is 0.312 e. The Kier molecular flexibility index (Phi) is 5.23. The lowest BCUT2D eigenvalue weighted by molar-refractivity contribution is -0.141. The van der Waals surface area contributed by atoms with Crippen LogP contribution in [0.2, 0.25) is 0 Å². The van der Waals surface area contributed by atoms with E-state index in [4.69, 9.17) is 4.74 Å². The third kappa shape index (κ3) is 3.70. The summed E-state index contributed by atoms with van der Waals surface area (Å²) in [7, 11) is 0. The predicted molar refractivity (Wildman–Crippen MR) is 109 cm³/mol. The topological polar surface area (TPSA) is 76.6 Å². The number of fused-ring (bicyclic) bond motifs is 1. The molecule has 3 heterocycles. The monoisotopic (exact) mass is 414 g/mol. The second kappa shape index (κ2) is 7.81. The lowest BCUT2D eigenvalue weighted by Gasteiger charge is -2.10. The quantitative estimate of drug-likeness (QED) is 0.453. The highest BCUT2D eigenvalue weighted by molar-refractivity contribution is 7.21. The summed E-state index contributed by atoms with van der Waals surface area (Å²) in [4.78, 5) is 43.0. The molecule has 0 aliphatic carbocycles. The van der Waals surface area contributed by atoms with Crippen LogP contribution in [-0.4, -0.2) is 35.8 Å². The Morgan fingerprint density at radius 2 is 2.11 bits per heavy atom. The minimum absolute atomic E-state index is 0.0167. The first-order valence-corrected chi connectivity index (χ1v) is 10.6. The molecule has 3 aromatic rings. The Bertz CT molecular complexity index is 1070. The van der Waals surface area contributed by atoms with Gasteiger partial charge in [0.1, 0.15) is 0 Å². The van der Waals surface area contributed by atoms with Crippen LogP contribution < -0.4 is 4.90 Å². The second-order valence-corrected chi connectivity index (χ2v) is 8.47. The maximum Gasteiger partial charge on any atom is 0.312 e. The van der Waals surface area contributed by atoms with E-state index in [2.05, 4.69) is 4.98 Å². The van der Waals surface area contributed by atoms with E-state index in [1.54, 1.807) is 10.3 Å². The molecule has 0 spiro atoms. The van der Waals surface area contributed by atoms with Gasteiger partial charge < -0.3 is 4.74 Å². The summed E-state index contributed by atoms with van der Waals surface area (Å²) in [6, 6.07) is 7.83. The molecule has 6 nitrogen and oxygen atoms in total. The number of amides is 1. The van der Waals surface area contributed by atoms with Gasteiger partial charge in [0, 0.05) is 23.0 Å². The van der Waals surface area contributed by atoms with E-state index in [0.29, 0.717) is 28.7 Å². The van der Waals surface area contributed by atoms with Gasteiger partial charge in [0.15, 0.2) is 11.7 Å². The maximum absolute atomic E-state index is 12.5. The van der Waals surface area contributed by atoms with Crippen molar-refractivity contribution in [3.05, 3.63) is 45.8 Å². The Morgan fingerprint density at radius 3 is 2.86 bits per heavy atom. The minimum Gasteiger partial charge on any atom is -0.457 e. The molecule has 1 amide bonds. The largest absolute Gasteiger partial charge is 0.457 e. The van der Waals surface area contributed by atoms with E-state index in [9.17, 15) is 14.4 Å². The first kappa shape index (κ1) is 18.8. The van der Waals surface area contributed by atoms with Crippen LogP contribution in [0, 0.1) is 6.92 Å². The lowest BCUT2D eigenvalue weighted by Crippen LogP contribution is -2.23. The summed E-state index contributed by atoms with van der Waals surface area (Å²) in [5, 5.41) is 3.41. The first-order valence-electron chi connectivity index (χ1n) is 8.94. The molecule has 1 saturated heterocycles. The van der Waals surface area contributed by atoms with Crippen LogP contribution in [0.5, 0.6) is 0 Å². The molecule has 1 aliphatic rings. The first-order chi connectivity index (χ1) is 13.5. The normalized spacial score (nSPS) is 14.0. The van der Waals surface area contributed by atoms with Gasteiger partial charge in [-0.3, -0.25) is 19.3 Å². The number of nitrogens with zero attached hydrogens (tertiary/aromatic N) is 2. The number of carbonyl (C=O) groups is 3. The maximum atomic E-state index is 12.5. The van der Waals surface area contributed by atoms with Crippen molar-refractivity contribution in [2.75, 3.05) is 18.1 Å². The Hall–Kier alpha value is -2.58. The highest BCUT2D eigenvalue weighted by atomic mass is 32.1. The van der Waals surface area contributed by atoms with Crippen molar-refractivity contribution in [1.82, 2.24) is 4.98 Å². The van der Waals surface area contributed by atoms with E-state index in [-0.39, 0.29) is 24.7 Å². The van der Waals surface area contributed by atoms with E-state index >= 15 is 0 Å². The van der Waals surface area contributed by atoms with E-state index in [1.807, 2.05) is 31.2 Å². The van der Waals surface area contributed by atoms with Crippen LogP contribution in [0.25, 0.3) is 10.1 Å². The number of anilines is 1. The zero-order valence-electron chi connectivity index (χ0n) is 15.3. The second-order valence-electron chi connectivity index (χ2n) is 6.58. The molecule has 144 valence electrons. The molecule has 0 atom stereocenters. The number of Topliss-reactive ketones (excluding diaryl/α,β-unsaturated/α-hetero) is 1. The lowest BCUT2D eigenvalue weighted by atomic mass is 10.1. The zero-order valence-corrected chi connectivity index (χ0v) is 16.9. The van der Waals surface area contributed by atoms with Crippen molar-refractivity contribution in [2.45, 2.75) is 26.2 Å². The molecule has 1 aliphatic heterocycles. The van der Waals surface area contributed by atoms with Crippen molar-refractivity contribution < 1.29 is 19.1 Å². The Balaban J connectivity index is 1.35. The van der Waals surface area contributed by atoms with Crippen LogP contribution in [0.3, 0.4) is 0 Å². The van der Waals surface area contributed by atoms with Gasteiger partial charge in [-0.05, 0) is 30.4 Å². The number of aromatic nitrogens is 1. The SMILES string of the molecule is Cc1c(C(=O)COC(=O)Cc2csc(N3CCCC3=O)n2)sc2ccccc12. The van der Waals surface area contributed by atoms with Gasteiger partial charge in [0.25, 0.3) is 0 Å². The van der Waals surface area contributed by atoms with Crippen LogP contribution >= 0.6 is 22.7 Å². The van der Waals surface area contributed by atoms with Gasteiger partial charge in [-0.15, -0.1) is 22.7 Å². The molecule has 2 aromatic heterocycles. The summed E-state index contributed by atoms with van der Waals surface area (Å²) >= 11 is 2.76. The standard InChI is InChI=1S/C20H18N2O4S2/c1-12-14-5-2-3-6-16(14)28-19(12)15(23)10-26-18(25)9-13-11-27-20(21-13)22-8-4-7-17(22)24/h2-3,5-6,11H,4,7-10H2,1H3. The highest BCUT2D eigenvalue weighted by Crippen LogP contribution is 2.31. The average molecular weight is 415 g/mol. The minimum atomic E-state index is -0.503. The fourth-order valence-corrected chi connectivity index (χ4v) is 5.20. The molecular formula is C20H18N2O4S2. The summed E-state index contributed by atoms with van der Waals surface area (Å²) < 4.78 is 6.21. The molecule has 0 radical (unpaired) electrons. The van der Waals surface area contributed by atoms with Crippen molar-refractivity contribution in [2.24, 2.45) is 0 Å². The summed E-state index contributed by atoms with van der Waals surface area (Å²) in [6.45, 7) is 2.29. The number of esters is 1. The molecule has 1 fully saturated rings. The van der Waals surface area contributed by atoms with Crippen LogP contribution in [-0.2, 0) is 20.7 Å². The number of rotatable bonds is 6. The van der Waals surface area contributed by atoms with E-state index < -0.39 is 5.97 Å². The fourth-order valence-electron chi connectivity index (χ4n) is 3.20. The molecule has 28 heavy (non-hydrogen) atoms. The summed E-state index contributed by atoms with van der Waals surface area (Å²) in [5.74, 6) is -0.641. The molecule has 0 saturated carbocycles. The molecule has 1 aromatic carbocycles. The van der Waals surface area contributed by atoms with Crippen LogP contribution in [0.4, 0.5) is 5.13 Å². The van der Waals surface area contributed by atoms with Crippen molar-refractivity contribution in [3.63, 3.8) is 0 Å². The average Bonchev–Trinajstić information content (AvgIpc) is 3.39. The van der Waals surface area contributed by atoms with Gasteiger partial charge in [-0.25, -0.2) is 4.98 Å². The van der Waals surface area contributed by atoms with Crippen molar-refractivity contribution in [1.29, 1.82) is 0 Å². The molecule has 8 heteroatoms. The fraction of sp³-hybridized carbons (Fsp3) is 0.300. The molecule has 0 N–H and O–H groups in total. The van der Waals surface area contributed by atoms with Crippen molar-refractivity contribution in [3.8, 4) is 0 Å². The molecule has 0 bridgehead atoms.